The van der Waals surface area contributed by atoms with Gasteiger partial charge in [0.2, 0.25) is 0 Å². The number of rotatable bonds is 4. The minimum Gasteiger partial charge on any atom is -0.356 e. The van der Waals surface area contributed by atoms with E-state index in [1.165, 1.54) is 27.1 Å². The van der Waals surface area contributed by atoms with Gasteiger partial charge in [-0.2, -0.15) is 0 Å². The monoisotopic (exact) mass is 419 g/mol. The molecule has 0 saturated carbocycles. The summed E-state index contributed by atoms with van der Waals surface area (Å²) >= 11 is 7.06. The summed E-state index contributed by atoms with van der Waals surface area (Å²) in [6, 6.07) is 8.40. The topological polar surface area (TPSA) is 29.0 Å². The fourth-order valence-electron chi connectivity index (χ4n) is 2.77. The maximum Gasteiger partial charge on any atom is 0.142 e. The van der Waals surface area contributed by atoms with Crippen LogP contribution in [0.5, 0.6) is 0 Å². The van der Waals surface area contributed by atoms with Crippen molar-refractivity contribution < 1.29 is 0 Å². The van der Waals surface area contributed by atoms with Crippen LogP contribution in [-0.2, 0) is 5.75 Å². The van der Waals surface area contributed by atoms with Gasteiger partial charge >= 0.3 is 0 Å². The van der Waals surface area contributed by atoms with E-state index in [-0.39, 0.29) is 0 Å². The smallest absolute Gasteiger partial charge is 0.142 e. The van der Waals surface area contributed by atoms with Crippen LogP contribution in [0.2, 0.25) is 0 Å². The lowest BCUT2D eigenvalue weighted by molar-refractivity contribution is 0.610. The zero-order valence-corrected chi connectivity index (χ0v) is 16.9. The summed E-state index contributed by atoms with van der Waals surface area (Å²) in [6.45, 7) is 6.59. The van der Waals surface area contributed by atoms with Crippen LogP contribution in [0.1, 0.15) is 22.7 Å². The van der Waals surface area contributed by atoms with Crippen molar-refractivity contribution in [2.75, 3.05) is 18.0 Å². The average molecular weight is 420 g/mol. The van der Waals surface area contributed by atoms with E-state index >= 15 is 0 Å². The van der Waals surface area contributed by atoms with E-state index in [0.717, 1.165) is 39.8 Å². The third kappa shape index (κ3) is 3.07. The highest BCUT2D eigenvalue weighted by atomic mass is 79.9. The highest BCUT2D eigenvalue weighted by Gasteiger charge is 2.22. The van der Waals surface area contributed by atoms with Gasteiger partial charge in [0.25, 0.3) is 0 Å². The number of benzene rings is 1. The van der Waals surface area contributed by atoms with Gasteiger partial charge in [-0.25, -0.2) is 9.97 Å². The Kier molecular flexibility index (Phi) is 4.54. The van der Waals surface area contributed by atoms with Crippen molar-refractivity contribution in [3.8, 4) is 0 Å². The number of hydrogen-bond acceptors (Lipinski definition) is 5. The Morgan fingerprint density at radius 1 is 1.17 bits per heavy atom. The van der Waals surface area contributed by atoms with Crippen molar-refractivity contribution in [2.24, 2.45) is 0 Å². The van der Waals surface area contributed by atoms with Crippen molar-refractivity contribution >= 4 is 55.1 Å². The lowest BCUT2D eigenvalue weighted by atomic mass is 10.1. The zero-order valence-electron chi connectivity index (χ0n) is 13.7. The quantitative estimate of drug-likeness (QED) is 0.516. The van der Waals surface area contributed by atoms with Crippen LogP contribution in [-0.4, -0.2) is 23.1 Å². The first kappa shape index (κ1) is 16.4. The number of halogens is 1. The number of aryl methyl sites for hydroxylation is 2. The molecule has 3 aromatic rings. The summed E-state index contributed by atoms with van der Waals surface area (Å²) in [5, 5.41) is 1.26. The number of aromatic nitrogens is 2. The van der Waals surface area contributed by atoms with Crippen molar-refractivity contribution in [3.05, 3.63) is 45.0 Å². The van der Waals surface area contributed by atoms with Gasteiger partial charge in [-0.15, -0.1) is 23.1 Å². The molecule has 3 heterocycles. The molecule has 24 heavy (non-hydrogen) atoms. The molecule has 0 N–H and O–H groups in total. The molecule has 0 radical (unpaired) electrons. The van der Waals surface area contributed by atoms with Crippen molar-refractivity contribution in [3.63, 3.8) is 0 Å². The Hall–Kier alpha value is -1.11. The molecule has 1 aliphatic heterocycles. The molecular formula is C18H18BrN3S2. The molecule has 2 aromatic heterocycles. The number of anilines is 1. The SMILES string of the molecule is Cc1sc2nc(CSc3ccc(Br)cc3)nc(N3CCC3)c2c1C. The normalized spacial score (nSPS) is 14.2. The molecule has 1 aromatic carbocycles. The van der Waals surface area contributed by atoms with Crippen LogP contribution in [0.3, 0.4) is 0 Å². The molecule has 3 nitrogen and oxygen atoms in total. The Balaban J connectivity index is 1.66. The minimum absolute atomic E-state index is 0.800. The summed E-state index contributed by atoms with van der Waals surface area (Å²) in [5.41, 5.74) is 1.34. The number of thioether (sulfide) groups is 1. The van der Waals surface area contributed by atoms with Crippen molar-refractivity contribution in [2.45, 2.75) is 30.9 Å². The maximum absolute atomic E-state index is 4.92. The second-order valence-corrected chi connectivity index (χ2v) is 9.18. The minimum atomic E-state index is 0.800. The van der Waals surface area contributed by atoms with E-state index in [9.17, 15) is 0 Å². The molecule has 0 atom stereocenters. The van der Waals surface area contributed by atoms with Crippen LogP contribution >= 0.6 is 39.0 Å². The number of nitrogens with zero attached hydrogens (tertiary/aromatic N) is 3. The van der Waals surface area contributed by atoms with E-state index in [1.807, 2.05) is 0 Å². The van der Waals surface area contributed by atoms with Gasteiger partial charge in [-0.3, -0.25) is 0 Å². The summed E-state index contributed by atoms with van der Waals surface area (Å²) in [6.07, 6.45) is 1.26. The van der Waals surface area contributed by atoms with Crippen LogP contribution in [0.15, 0.2) is 33.6 Å². The Labute approximate surface area is 158 Å². The Morgan fingerprint density at radius 2 is 1.92 bits per heavy atom. The lowest BCUT2D eigenvalue weighted by Crippen LogP contribution is -2.38. The van der Waals surface area contributed by atoms with Gasteiger partial charge in [0.05, 0.1) is 11.1 Å². The Bertz CT molecular complexity index is 885. The van der Waals surface area contributed by atoms with E-state index in [2.05, 4.69) is 58.9 Å². The molecule has 6 heteroatoms. The molecule has 0 aliphatic carbocycles. The van der Waals surface area contributed by atoms with E-state index in [4.69, 9.17) is 9.97 Å². The van der Waals surface area contributed by atoms with Crippen LogP contribution in [0.4, 0.5) is 5.82 Å². The van der Waals surface area contributed by atoms with Gasteiger partial charge in [-0.1, -0.05) is 15.9 Å². The third-order valence-electron chi connectivity index (χ3n) is 4.39. The zero-order chi connectivity index (χ0) is 16.7. The van der Waals surface area contributed by atoms with Crippen LogP contribution in [0.25, 0.3) is 10.2 Å². The molecule has 0 bridgehead atoms. The summed E-state index contributed by atoms with van der Waals surface area (Å²) in [4.78, 5) is 15.9. The van der Waals surface area contributed by atoms with Gasteiger partial charge < -0.3 is 4.90 Å². The van der Waals surface area contributed by atoms with E-state index < -0.39 is 0 Å². The molecule has 124 valence electrons. The molecule has 1 aliphatic rings. The summed E-state index contributed by atoms with van der Waals surface area (Å²) < 4.78 is 1.11. The van der Waals surface area contributed by atoms with Crippen LogP contribution in [0, 0.1) is 13.8 Å². The fraction of sp³-hybridized carbons (Fsp3) is 0.333. The third-order valence-corrected chi connectivity index (χ3v) is 7.03. The number of fused-ring (bicyclic) bond motifs is 1. The van der Waals surface area contributed by atoms with Crippen LogP contribution < -0.4 is 4.90 Å². The standard InChI is InChI=1S/C18H18BrN3S2/c1-11-12(2)24-18-16(11)17(22-8-3-9-22)20-15(21-18)10-23-14-6-4-13(19)5-7-14/h4-7H,3,8-10H2,1-2H3. The van der Waals surface area contributed by atoms with Gasteiger partial charge in [-0.05, 0) is 50.1 Å². The van der Waals surface area contributed by atoms with Gasteiger partial charge in [0.15, 0.2) is 0 Å². The highest BCUT2D eigenvalue weighted by molar-refractivity contribution is 9.10. The van der Waals surface area contributed by atoms with Gasteiger partial charge in [0.1, 0.15) is 16.5 Å². The molecule has 1 fully saturated rings. The summed E-state index contributed by atoms with van der Waals surface area (Å²) in [5.74, 6) is 2.87. The lowest BCUT2D eigenvalue weighted by Gasteiger charge is -2.32. The maximum atomic E-state index is 4.92. The van der Waals surface area contributed by atoms with Crippen molar-refractivity contribution in [1.29, 1.82) is 0 Å². The first-order valence-corrected chi connectivity index (χ1v) is 10.6. The first-order valence-electron chi connectivity index (χ1n) is 8.02. The first-order chi connectivity index (χ1) is 11.6. The molecule has 1 saturated heterocycles. The number of hydrogen-bond donors (Lipinski definition) is 0. The predicted octanol–water partition coefficient (Wildman–Crippen LogP) is 5.57. The average Bonchev–Trinajstić information content (AvgIpc) is 2.80. The fourth-order valence-corrected chi connectivity index (χ4v) is 4.83. The predicted molar refractivity (Wildman–Crippen MR) is 107 cm³/mol. The van der Waals surface area contributed by atoms with Gasteiger partial charge in [0, 0.05) is 27.3 Å². The van der Waals surface area contributed by atoms with E-state index in [0.29, 0.717) is 0 Å². The highest BCUT2D eigenvalue weighted by Crippen LogP contribution is 2.37. The molecule has 0 spiro atoms. The largest absolute Gasteiger partial charge is 0.356 e. The molecule has 0 unspecified atom stereocenters. The Morgan fingerprint density at radius 3 is 2.58 bits per heavy atom. The second kappa shape index (κ2) is 6.65. The van der Waals surface area contributed by atoms with E-state index in [1.54, 1.807) is 23.1 Å². The number of thiophene rings is 1. The summed E-state index contributed by atoms with van der Waals surface area (Å²) in [7, 11) is 0. The molecule has 4 rings (SSSR count). The second-order valence-electron chi connectivity index (χ2n) is 6.01. The molecular weight excluding hydrogens is 402 g/mol. The van der Waals surface area contributed by atoms with Crippen molar-refractivity contribution in [1.82, 2.24) is 9.97 Å². The molecule has 0 amide bonds.